The third-order valence-corrected chi connectivity index (χ3v) is 6.38. The van der Waals surface area contributed by atoms with Crippen molar-refractivity contribution in [3.8, 4) is 5.75 Å². The molecule has 168 valence electrons. The van der Waals surface area contributed by atoms with Crippen LogP contribution in [0.15, 0.2) is 59.9 Å². The topological polar surface area (TPSA) is 102 Å². The first-order chi connectivity index (χ1) is 15.3. The quantitative estimate of drug-likeness (QED) is 0.520. The van der Waals surface area contributed by atoms with Gasteiger partial charge in [0, 0.05) is 14.1 Å². The summed E-state index contributed by atoms with van der Waals surface area (Å²) < 4.78 is 0. The highest BCUT2D eigenvalue weighted by molar-refractivity contribution is 6.09. The Kier molecular flexibility index (Phi) is 5.93. The standard InChI is InChI=1S/C25H29N3O4/c1-28(2)24(32)17-12-9-13-18(21(17)29)26-19-20(23(31)22(19)30)27-25(14-7-4-8-15-25)16-10-5-3-6-11-16/h3,5-6,9-13,22,26-27,29-30H,4,7-8,14-15H2,1-2H3. The third kappa shape index (κ3) is 3.84. The predicted molar refractivity (Wildman–Crippen MR) is 122 cm³/mol. The van der Waals surface area contributed by atoms with E-state index in [0.717, 1.165) is 37.7 Å². The van der Waals surface area contributed by atoms with Gasteiger partial charge in [-0.25, -0.2) is 0 Å². The molecule has 1 amide bonds. The van der Waals surface area contributed by atoms with E-state index < -0.39 is 6.10 Å². The maximum atomic E-state index is 12.6. The number of para-hydroxylation sites is 1. The van der Waals surface area contributed by atoms with Crippen LogP contribution in [0, 0.1) is 0 Å². The number of hydrogen-bond donors (Lipinski definition) is 4. The summed E-state index contributed by atoms with van der Waals surface area (Å²) in [5.41, 5.74) is 1.76. The van der Waals surface area contributed by atoms with Crippen LogP contribution >= 0.6 is 0 Å². The summed E-state index contributed by atoms with van der Waals surface area (Å²) in [5, 5.41) is 27.5. The van der Waals surface area contributed by atoms with Gasteiger partial charge in [-0.15, -0.1) is 0 Å². The monoisotopic (exact) mass is 435 g/mol. The van der Waals surface area contributed by atoms with Crippen LogP contribution in [0.5, 0.6) is 5.75 Å². The third-order valence-electron chi connectivity index (χ3n) is 6.38. The average molecular weight is 436 g/mol. The first-order valence-corrected chi connectivity index (χ1v) is 10.9. The molecule has 0 aliphatic heterocycles. The Labute approximate surface area is 187 Å². The summed E-state index contributed by atoms with van der Waals surface area (Å²) in [4.78, 5) is 26.3. The van der Waals surface area contributed by atoms with Gasteiger partial charge in [0.05, 0.1) is 22.5 Å². The molecule has 4 rings (SSSR count). The molecule has 1 unspecified atom stereocenters. The first kappa shape index (κ1) is 21.9. The number of nitrogens with zero attached hydrogens (tertiary/aromatic N) is 1. The van der Waals surface area contributed by atoms with E-state index in [2.05, 4.69) is 22.8 Å². The van der Waals surface area contributed by atoms with Crippen molar-refractivity contribution in [1.29, 1.82) is 0 Å². The molecule has 1 atom stereocenters. The molecule has 0 bridgehead atoms. The molecule has 1 saturated carbocycles. The number of rotatable bonds is 6. The SMILES string of the molecule is CN(C)C(=O)c1cccc(NC2=C(NC3(c4ccccc4)CCCCC3)C(=O)C2O)c1O. The molecule has 0 saturated heterocycles. The molecule has 0 radical (unpaired) electrons. The van der Waals surface area contributed by atoms with Crippen molar-refractivity contribution in [2.24, 2.45) is 0 Å². The number of anilines is 1. The maximum absolute atomic E-state index is 12.6. The molecule has 4 N–H and O–H groups in total. The van der Waals surface area contributed by atoms with Crippen LogP contribution in [0.4, 0.5) is 5.69 Å². The van der Waals surface area contributed by atoms with Crippen molar-refractivity contribution in [1.82, 2.24) is 10.2 Å². The molecule has 2 aromatic rings. The average Bonchev–Trinajstić information content (AvgIpc) is 2.82. The first-order valence-electron chi connectivity index (χ1n) is 10.9. The van der Waals surface area contributed by atoms with Gasteiger partial charge in [0.1, 0.15) is 5.70 Å². The van der Waals surface area contributed by atoms with Crippen molar-refractivity contribution in [2.45, 2.75) is 43.7 Å². The van der Waals surface area contributed by atoms with E-state index in [4.69, 9.17) is 0 Å². The number of nitrogens with one attached hydrogen (secondary N) is 2. The highest BCUT2D eigenvalue weighted by Gasteiger charge is 2.44. The number of aliphatic hydroxyl groups excluding tert-OH is 1. The number of carbonyl (C=O) groups excluding carboxylic acids is 2. The number of aromatic hydroxyl groups is 1. The normalized spacial score (nSPS) is 19.8. The molecule has 0 heterocycles. The smallest absolute Gasteiger partial charge is 0.257 e. The molecular formula is C25H29N3O4. The lowest BCUT2D eigenvalue weighted by Gasteiger charge is -2.43. The van der Waals surface area contributed by atoms with Gasteiger partial charge in [-0.3, -0.25) is 9.59 Å². The molecule has 32 heavy (non-hydrogen) atoms. The Morgan fingerprint density at radius 2 is 1.72 bits per heavy atom. The largest absolute Gasteiger partial charge is 0.505 e. The van der Waals surface area contributed by atoms with E-state index in [1.54, 1.807) is 26.2 Å². The van der Waals surface area contributed by atoms with Crippen LogP contribution in [0.3, 0.4) is 0 Å². The second-order valence-corrected chi connectivity index (χ2v) is 8.72. The number of hydrogen-bond acceptors (Lipinski definition) is 6. The fraction of sp³-hybridized carbons (Fsp3) is 0.360. The molecule has 2 aliphatic carbocycles. The van der Waals surface area contributed by atoms with Crippen molar-refractivity contribution in [2.75, 3.05) is 19.4 Å². The van der Waals surface area contributed by atoms with E-state index in [0.29, 0.717) is 11.4 Å². The van der Waals surface area contributed by atoms with Gasteiger partial charge in [0.2, 0.25) is 5.78 Å². The van der Waals surface area contributed by atoms with E-state index in [1.807, 2.05) is 18.2 Å². The van der Waals surface area contributed by atoms with Gasteiger partial charge in [-0.2, -0.15) is 0 Å². The predicted octanol–water partition coefficient (Wildman–Crippen LogP) is 3.11. The van der Waals surface area contributed by atoms with E-state index in [9.17, 15) is 19.8 Å². The lowest BCUT2D eigenvalue weighted by atomic mass is 9.75. The highest BCUT2D eigenvalue weighted by atomic mass is 16.3. The van der Waals surface area contributed by atoms with Crippen LogP contribution in [-0.2, 0) is 10.3 Å². The van der Waals surface area contributed by atoms with Crippen LogP contribution in [0.2, 0.25) is 0 Å². The number of phenolic OH excluding ortho intramolecular Hbond substituents is 1. The van der Waals surface area contributed by atoms with E-state index in [-0.39, 0.29) is 34.2 Å². The lowest BCUT2D eigenvalue weighted by Crippen LogP contribution is -2.53. The molecule has 1 fully saturated rings. The fourth-order valence-electron chi connectivity index (χ4n) is 4.56. The van der Waals surface area contributed by atoms with Crippen molar-refractivity contribution >= 4 is 17.4 Å². The molecule has 0 spiro atoms. The number of benzene rings is 2. The molecule has 7 heteroatoms. The number of amides is 1. The number of ketones is 1. The molecular weight excluding hydrogens is 406 g/mol. The number of Topliss-reactive ketones (excluding diaryl/α,β-unsaturated/α-hetero) is 1. The number of aliphatic hydroxyl groups is 1. The summed E-state index contributed by atoms with van der Waals surface area (Å²) in [6.07, 6.45) is 3.71. The summed E-state index contributed by atoms with van der Waals surface area (Å²) in [6.45, 7) is 0. The summed E-state index contributed by atoms with van der Waals surface area (Å²) in [6, 6.07) is 14.9. The number of carbonyl (C=O) groups is 2. The van der Waals surface area contributed by atoms with Gasteiger partial charge >= 0.3 is 0 Å². The minimum absolute atomic E-state index is 0.142. The van der Waals surface area contributed by atoms with Crippen LogP contribution in [0.25, 0.3) is 0 Å². The van der Waals surface area contributed by atoms with Gasteiger partial charge in [0.25, 0.3) is 5.91 Å². The van der Waals surface area contributed by atoms with Crippen molar-refractivity contribution in [3.63, 3.8) is 0 Å². The summed E-state index contributed by atoms with van der Waals surface area (Å²) in [5.74, 6) is -0.942. The zero-order chi connectivity index (χ0) is 22.9. The van der Waals surface area contributed by atoms with Gasteiger partial charge in [-0.1, -0.05) is 55.7 Å². The van der Waals surface area contributed by atoms with Gasteiger partial charge in [0.15, 0.2) is 11.9 Å². The fourth-order valence-corrected chi connectivity index (χ4v) is 4.56. The molecule has 2 aliphatic rings. The Bertz CT molecular complexity index is 1060. The highest BCUT2D eigenvalue weighted by Crippen LogP contribution is 2.40. The van der Waals surface area contributed by atoms with E-state index in [1.165, 1.54) is 11.0 Å². The van der Waals surface area contributed by atoms with Crippen LogP contribution in [-0.4, -0.2) is 47.0 Å². The Balaban J connectivity index is 1.68. The maximum Gasteiger partial charge on any atom is 0.257 e. The lowest BCUT2D eigenvalue weighted by molar-refractivity contribution is -0.125. The Hall–Kier alpha value is -3.32. The number of phenols is 1. The second-order valence-electron chi connectivity index (χ2n) is 8.72. The summed E-state index contributed by atoms with van der Waals surface area (Å²) in [7, 11) is 3.21. The van der Waals surface area contributed by atoms with Gasteiger partial charge in [-0.05, 0) is 30.5 Å². The Morgan fingerprint density at radius 3 is 2.38 bits per heavy atom. The van der Waals surface area contributed by atoms with E-state index >= 15 is 0 Å². The molecule has 7 nitrogen and oxygen atoms in total. The Morgan fingerprint density at radius 1 is 1.03 bits per heavy atom. The zero-order valence-electron chi connectivity index (χ0n) is 18.4. The molecule has 0 aromatic heterocycles. The zero-order valence-corrected chi connectivity index (χ0v) is 18.4. The van der Waals surface area contributed by atoms with Gasteiger partial charge < -0.3 is 25.7 Å². The second kappa shape index (κ2) is 8.67. The van der Waals surface area contributed by atoms with Crippen LogP contribution < -0.4 is 10.6 Å². The minimum Gasteiger partial charge on any atom is -0.505 e. The van der Waals surface area contributed by atoms with Crippen molar-refractivity contribution in [3.05, 3.63) is 71.1 Å². The van der Waals surface area contributed by atoms with Crippen LogP contribution in [0.1, 0.15) is 48.0 Å². The van der Waals surface area contributed by atoms with Crippen molar-refractivity contribution < 1.29 is 19.8 Å². The minimum atomic E-state index is -1.30. The summed E-state index contributed by atoms with van der Waals surface area (Å²) >= 11 is 0. The molecule has 2 aromatic carbocycles.